The number of ether oxygens (including phenoxy) is 3. The van der Waals surface area contributed by atoms with Gasteiger partial charge in [-0.15, -0.1) is 0 Å². The third kappa shape index (κ3) is 4.85. The van der Waals surface area contributed by atoms with Gasteiger partial charge >= 0.3 is 0 Å². The highest BCUT2D eigenvalue weighted by molar-refractivity contribution is 6.02. The van der Waals surface area contributed by atoms with E-state index in [2.05, 4.69) is 10.5 Å². The van der Waals surface area contributed by atoms with Crippen molar-refractivity contribution < 1.29 is 19.0 Å². The standard InChI is InChI=1S/C23H24N2O4/c1-4-28-20-11-10-16(12-22(20)29-5-2)15-24-25-23(26)19-13-17-8-6-7-9-18(17)14-21(19)27-3/h6-15H,4-5H2,1-3H3,(H,25,26). The molecule has 0 saturated carbocycles. The van der Waals surface area contributed by atoms with Gasteiger partial charge in [-0.05, 0) is 60.5 Å². The number of hydrogen-bond donors (Lipinski definition) is 1. The minimum Gasteiger partial charge on any atom is -0.496 e. The smallest absolute Gasteiger partial charge is 0.275 e. The predicted molar refractivity (Wildman–Crippen MR) is 114 cm³/mol. The van der Waals surface area contributed by atoms with Crippen LogP contribution in [0.5, 0.6) is 17.2 Å². The molecule has 6 nitrogen and oxygen atoms in total. The molecule has 0 unspecified atom stereocenters. The van der Waals surface area contributed by atoms with Crippen molar-refractivity contribution in [2.45, 2.75) is 13.8 Å². The lowest BCUT2D eigenvalue weighted by Crippen LogP contribution is -2.18. The average Bonchev–Trinajstić information content (AvgIpc) is 2.74. The zero-order valence-corrected chi connectivity index (χ0v) is 16.8. The van der Waals surface area contributed by atoms with Crippen LogP contribution < -0.4 is 19.6 Å². The zero-order valence-electron chi connectivity index (χ0n) is 16.8. The lowest BCUT2D eigenvalue weighted by atomic mass is 10.1. The largest absolute Gasteiger partial charge is 0.496 e. The number of methoxy groups -OCH3 is 1. The molecular weight excluding hydrogens is 368 g/mol. The first-order valence-corrected chi connectivity index (χ1v) is 9.46. The quantitative estimate of drug-likeness (QED) is 0.455. The summed E-state index contributed by atoms with van der Waals surface area (Å²) in [6.07, 6.45) is 1.56. The fourth-order valence-corrected chi connectivity index (χ4v) is 2.94. The number of hydrazone groups is 1. The molecule has 0 heterocycles. The Labute approximate surface area is 170 Å². The van der Waals surface area contributed by atoms with Crippen molar-refractivity contribution >= 4 is 22.9 Å². The van der Waals surface area contributed by atoms with Crippen LogP contribution in [0.4, 0.5) is 0 Å². The van der Waals surface area contributed by atoms with Crippen LogP contribution in [0.15, 0.2) is 59.7 Å². The summed E-state index contributed by atoms with van der Waals surface area (Å²) in [5.74, 6) is 1.47. The Hall–Kier alpha value is -3.54. The van der Waals surface area contributed by atoms with Gasteiger partial charge in [0.2, 0.25) is 0 Å². The molecule has 3 rings (SSSR count). The maximum atomic E-state index is 12.6. The van der Waals surface area contributed by atoms with Crippen molar-refractivity contribution in [2.24, 2.45) is 5.10 Å². The normalized spacial score (nSPS) is 10.9. The van der Waals surface area contributed by atoms with Crippen LogP contribution in [0.1, 0.15) is 29.8 Å². The fourth-order valence-electron chi connectivity index (χ4n) is 2.94. The molecule has 3 aromatic rings. The molecule has 0 atom stereocenters. The number of amides is 1. The van der Waals surface area contributed by atoms with Crippen LogP contribution >= 0.6 is 0 Å². The summed E-state index contributed by atoms with van der Waals surface area (Å²) in [7, 11) is 1.54. The molecule has 0 radical (unpaired) electrons. The molecule has 0 aliphatic heterocycles. The van der Waals surface area contributed by atoms with Crippen LogP contribution in [0.3, 0.4) is 0 Å². The van der Waals surface area contributed by atoms with Gasteiger partial charge in [0.05, 0.1) is 32.1 Å². The Morgan fingerprint density at radius 3 is 2.31 bits per heavy atom. The van der Waals surface area contributed by atoms with Crippen LogP contribution in [-0.4, -0.2) is 32.4 Å². The van der Waals surface area contributed by atoms with E-state index in [1.807, 2.05) is 62.4 Å². The second-order valence-electron chi connectivity index (χ2n) is 6.17. The highest BCUT2D eigenvalue weighted by atomic mass is 16.5. The van der Waals surface area contributed by atoms with E-state index in [0.717, 1.165) is 16.3 Å². The SMILES string of the molecule is CCOc1ccc(C=NNC(=O)c2cc3ccccc3cc2OC)cc1OCC. The molecule has 0 bridgehead atoms. The summed E-state index contributed by atoms with van der Waals surface area (Å²) in [6.45, 7) is 4.91. The highest BCUT2D eigenvalue weighted by Crippen LogP contribution is 2.28. The van der Waals surface area contributed by atoms with E-state index in [-0.39, 0.29) is 5.91 Å². The van der Waals surface area contributed by atoms with Crippen LogP contribution in [0, 0.1) is 0 Å². The van der Waals surface area contributed by atoms with Gasteiger partial charge in [0.1, 0.15) is 5.75 Å². The molecule has 0 spiro atoms. The van der Waals surface area contributed by atoms with Gasteiger partial charge < -0.3 is 14.2 Å². The fraction of sp³-hybridized carbons (Fsp3) is 0.217. The van der Waals surface area contributed by atoms with E-state index < -0.39 is 0 Å². The number of benzene rings is 3. The van der Waals surface area contributed by atoms with Gasteiger partial charge in [-0.2, -0.15) is 5.10 Å². The Bertz CT molecular complexity index is 1030. The van der Waals surface area contributed by atoms with E-state index in [1.54, 1.807) is 19.4 Å². The Morgan fingerprint density at radius 1 is 0.931 bits per heavy atom. The number of fused-ring (bicyclic) bond motifs is 1. The molecule has 150 valence electrons. The van der Waals surface area contributed by atoms with Gasteiger partial charge in [0.15, 0.2) is 11.5 Å². The first-order valence-electron chi connectivity index (χ1n) is 9.46. The lowest BCUT2D eigenvalue weighted by Gasteiger charge is -2.11. The second-order valence-corrected chi connectivity index (χ2v) is 6.17. The van der Waals surface area contributed by atoms with E-state index in [9.17, 15) is 4.79 Å². The number of nitrogens with one attached hydrogen (secondary N) is 1. The van der Waals surface area contributed by atoms with E-state index in [4.69, 9.17) is 14.2 Å². The van der Waals surface area contributed by atoms with Crippen LogP contribution in [-0.2, 0) is 0 Å². The topological polar surface area (TPSA) is 69.2 Å². The monoisotopic (exact) mass is 392 g/mol. The minimum absolute atomic E-state index is 0.347. The maximum absolute atomic E-state index is 12.6. The van der Waals surface area contributed by atoms with Crippen molar-refractivity contribution in [3.05, 3.63) is 65.7 Å². The van der Waals surface area contributed by atoms with E-state index >= 15 is 0 Å². The van der Waals surface area contributed by atoms with Crippen molar-refractivity contribution in [3.8, 4) is 17.2 Å². The maximum Gasteiger partial charge on any atom is 0.275 e. The number of carbonyl (C=O) groups is 1. The summed E-state index contributed by atoms with van der Waals surface area (Å²) in [6, 6.07) is 16.9. The molecule has 0 saturated heterocycles. The molecule has 0 fully saturated rings. The van der Waals surface area contributed by atoms with Crippen LogP contribution in [0.2, 0.25) is 0 Å². The van der Waals surface area contributed by atoms with Crippen molar-refractivity contribution in [2.75, 3.05) is 20.3 Å². The highest BCUT2D eigenvalue weighted by Gasteiger charge is 2.13. The first kappa shape index (κ1) is 20.2. The van der Waals surface area contributed by atoms with Crippen molar-refractivity contribution in [3.63, 3.8) is 0 Å². The predicted octanol–water partition coefficient (Wildman–Crippen LogP) is 4.41. The lowest BCUT2D eigenvalue weighted by molar-refractivity contribution is 0.0952. The summed E-state index contributed by atoms with van der Waals surface area (Å²) in [5.41, 5.74) is 3.76. The summed E-state index contributed by atoms with van der Waals surface area (Å²) in [5, 5.41) is 6.03. The number of hydrogen-bond acceptors (Lipinski definition) is 5. The molecule has 0 aliphatic carbocycles. The molecule has 3 aromatic carbocycles. The summed E-state index contributed by atoms with van der Waals surface area (Å²) in [4.78, 5) is 12.6. The van der Waals surface area contributed by atoms with Gasteiger partial charge in [-0.25, -0.2) is 5.43 Å². The minimum atomic E-state index is -0.347. The van der Waals surface area contributed by atoms with Gasteiger partial charge in [-0.3, -0.25) is 4.79 Å². The van der Waals surface area contributed by atoms with E-state index in [0.29, 0.717) is 36.0 Å². The summed E-state index contributed by atoms with van der Waals surface area (Å²) < 4.78 is 16.5. The van der Waals surface area contributed by atoms with Crippen molar-refractivity contribution in [1.29, 1.82) is 0 Å². The zero-order chi connectivity index (χ0) is 20.6. The first-order chi connectivity index (χ1) is 14.2. The molecule has 1 N–H and O–H groups in total. The Balaban J connectivity index is 1.77. The van der Waals surface area contributed by atoms with Crippen LogP contribution in [0.25, 0.3) is 10.8 Å². The average molecular weight is 392 g/mol. The number of rotatable bonds is 8. The van der Waals surface area contributed by atoms with Gasteiger partial charge in [0.25, 0.3) is 5.91 Å². The molecule has 6 heteroatoms. The molecule has 0 aliphatic rings. The Morgan fingerprint density at radius 2 is 1.62 bits per heavy atom. The molecular formula is C23H24N2O4. The van der Waals surface area contributed by atoms with Gasteiger partial charge in [0, 0.05) is 0 Å². The Kier molecular flexibility index (Phi) is 6.68. The molecule has 29 heavy (non-hydrogen) atoms. The van der Waals surface area contributed by atoms with E-state index in [1.165, 1.54) is 0 Å². The number of nitrogens with zero attached hydrogens (tertiary/aromatic N) is 1. The second kappa shape index (κ2) is 9.59. The molecule has 1 amide bonds. The molecule has 0 aromatic heterocycles. The number of carbonyl (C=O) groups excluding carboxylic acids is 1. The third-order valence-electron chi connectivity index (χ3n) is 4.26. The summed E-state index contributed by atoms with van der Waals surface area (Å²) >= 11 is 0. The third-order valence-corrected chi connectivity index (χ3v) is 4.26. The van der Waals surface area contributed by atoms with Crippen molar-refractivity contribution in [1.82, 2.24) is 5.43 Å². The van der Waals surface area contributed by atoms with Gasteiger partial charge in [-0.1, -0.05) is 24.3 Å².